The third-order valence-electron chi connectivity index (χ3n) is 4.08. The Hall–Kier alpha value is -3.02. The molecule has 0 aliphatic carbocycles. The predicted octanol–water partition coefficient (Wildman–Crippen LogP) is 3.14. The van der Waals surface area contributed by atoms with E-state index >= 15 is 0 Å². The van der Waals surface area contributed by atoms with Gasteiger partial charge in [0.1, 0.15) is 5.75 Å². The molecule has 0 spiro atoms. The molecule has 6 nitrogen and oxygen atoms in total. The summed E-state index contributed by atoms with van der Waals surface area (Å²) in [6.07, 6.45) is 0. The summed E-state index contributed by atoms with van der Waals surface area (Å²) in [4.78, 5) is 17.9. The number of rotatable bonds is 5. The van der Waals surface area contributed by atoms with Crippen LogP contribution in [0.1, 0.15) is 30.5 Å². The SMILES string of the molecule is Cc1ccc(C2=NOC(C)(C)N2NC(=O)COc2ccccc2)c(C)c1. The summed E-state index contributed by atoms with van der Waals surface area (Å²) in [5.41, 5.74) is 5.18. The quantitative estimate of drug-likeness (QED) is 0.897. The highest BCUT2D eigenvalue weighted by atomic mass is 16.7. The van der Waals surface area contributed by atoms with Crippen molar-refractivity contribution in [3.05, 3.63) is 65.2 Å². The van der Waals surface area contributed by atoms with Crippen LogP contribution in [0.4, 0.5) is 0 Å². The lowest BCUT2D eigenvalue weighted by Gasteiger charge is -2.31. The van der Waals surface area contributed by atoms with Crippen molar-refractivity contribution in [3.8, 4) is 5.75 Å². The first kappa shape index (κ1) is 17.8. The number of benzene rings is 2. The van der Waals surface area contributed by atoms with E-state index in [4.69, 9.17) is 9.57 Å². The van der Waals surface area contributed by atoms with E-state index in [-0.39, 0.29) is 12.5 Å². The molecule has 1 N–H and O–H groups in total. The molecular weight excluding hydrogens is 330 g/mol. The average Bonchev–Trinajstić information content (AvgIpc) is 2.89. The number of nitrogens with one attached hydrogen (secondary N) is 1. The van der Waals surface area contributed by atoms with Crippen LogP contribution in [0.15, 0.2) is 53.7 Å². The first-order chi connectivity index (χ1) is 12.4. The van der Waals surface area contributed by atoms with Gasteiger partial charge >= 0.3 is 0 Å². The molecular formula is C20H23N3O3. The van der Waals surface area contributed by atoms with E-state index in [1.165, 1.54) is 0 Å². The maximum Gasteiger partial charge on any atom is 0.276 e. The Labute approximate surface area is 153 Å². The van der Waals surface area contributed by atoms with Crippen LogP contribution in [0, 0.1) is 13.8 Å². The molecule has 0 saturated carbocycles. The van der Waals surface area contributed by atoms with Crippen LogP contribution < -0.4 is 10.2 Å². The molecule has 0 fully saturated rings. The van der Waals surface area contributed by atoms with Gasteiger partial charge in [-0.25, -0.2) is 5.01 Å². The molecule has 26 heavy (non-hydrogen) atoms. The van der Waals surface area contributed by atoms with Gasteiger partial charge in [0.25, 0.3) is 5.91 Å². The summed E-state index contributed by atoms with van der Waals surface area (Å²) >= 11 is 0. The van der Waals surface area contributed by atoms with Crippen molar-refractivity contribution in [1.29, 1.82) is 0 Å². The molecule has 0 saturated heterocycles. The largest absolute Gasteiger partial charge is 0.484 e. The van der Waals surface area contributed by atoms with Crippen LogP contribution in [0.5, 0.6) is 5.75 Å². The number of oxime groups is 1. The van der Waals surface area contributed by atoms with Gasteiger partial charge in [0.05, 0.1) is 0 Å². The summed E-state index contributed by atoms with van der Waals surface area (Å²) < 4.78 is 5.51. The van der Waals surface area contributed by atoms with E-state index in [2.05, 4.69) is 16.6 Å². The topological polar surface area (TPSA) is 63.2 Å². The third kappa shape index (κ3) is 3.79. The monoisotopic (exact) mass is 353 g/mol. The van der Waals surface area contributed by atoms with Gasteiger partial charge < -0.3 is 9.57 Å². The summed E-state index contributed by atoms with van der Waals surface area (Å²) in [7, 11) is 0. The Kier molecular flexibility index (Phi) is 4.84. The number of amidine groups is 1. The highest BCUT2D eigenvalue weighted by Crippen LogP contribution is 2.26. The molecule has 136 valence electrons. The van der Waals surface area contributed by atoms with Crippen molar-refractivity contribution < 1.29 is 14.4 Å². The number of hydrazine groups is 1. The standard InChI is InChI=1S/C20H23N3O3/c1-14-10-11-17(15(2)12-14)19-22-26-20(3,4)23(19)21-18(24)13-25-16-8-6-5-7-9-16/h5-12H,13H2,1-4H3,(H,21,24). The van der Waals surface area contributed by atoms with Crippen molar-refractivity contribution in [2.45, 2.75) is 33.4 Å². The molecule has 1 aliphatic heterocycles. The second-order valence-electron chi connectivity index (χ2n) is 6.74. The average molecular weight is 353 g/mol. The van der Waals surface area contributed by atoms with E-state index in [0.29, 0.717) is 11.6 Å². The van der Waals surface area contributed by atoms with Gasteiger partial charge in [-0.3, -0.25) is 10.2 Å². The van der Waals surface area contributed by atoms with Crippen LogP contribution >= 0.6 is 0 Å². The first-order valence-electron chi connectivity index (χ1n) is 8.48. The number of amides is 1. The maximum atomic E-state index is 12.4. The van der Waals surface area contributed by atoms with E-state index < -0.39 is 5.72 Å². The maximum absolute atomic E-state index is 12.4. The molecule has 0 unspecified atom stereocenters. The molecule has 3 rings (SSSR count). The summed E-state index contributed by atoms with van der Waals surface area (Å²) in [6.45, 7) is 7.62. The lowest BCUT2D eigenvalue weighted by Crippen LogP contribution is -2.55. The Morgan fingerprint density at radius 2 is 1.92 bits per heavy atom. The van der Waals surface area contributed by atoms with Crippen LogP contribution in [0.25, 0.3) is 0 Å². The Balaban J connectivity index is 1.73. The zero-order chi connectivity index (χ0) is 18.7. The summed E-state index contributed by atoms with van der Waals surface area (Å²) in [5.74, 6) is 0.924. The molecule has 6 heteroatoms. The Morgan fingerprint density at radius 1 is 1.19 bits per heavy atom. The van der Waals surface area contributed by atoms with Crippen LogP contribution in [0.3, 0.4) is 0 Å². The number of carbonyl (C=O) groups is 1. The molecule has 0 atom stereocenters. The predicted molar refractivity (Wildman–Crippen MR) is 99.5 cm³/mol. The van der Waals surface area contributed by atoms with Crippen LogP contribution in [-0.4, -0.2) is 29.1 Å². The molecule has 2 aromatic carbocycles. The van der Waals surface area contributed by atoms with Crippen molar-refractivity contribution in [3.63, 3.8) is 0 Å². The lowest BCUT2D eigenvalue weighted by atomic mass is 10.0. The molecule has 0 aromatic heterocycles. The summed E-state index contributed by atoms with van der Waals surface area (Å²) in [5, 5.41) is 5.83. The van der Waals surface area contributed by atoms with E-state index in [9.17, 15) is 4.79 Å². The van der Waals surface area contributed by atoms with Crippen LogP contribution in [-0.2, 0) is 9.63 Å². The second kappa shape index (κ2) is 7.07. The molecule has 0 bridgehead atoms. The van der Waals surface area contributed by atoms with Gasteiger partial charge in [0, 0.05) is 5.56 Å². The molecule has 0 radical (unpaired) electrons. The zero-order valence-electron chi connectivity index (χ0n) is 15.4. The molecule has 2 aromatic rings. The van der Waals surface area contributed by atoms with Crippen molar-refractivity contribution in [1.82, 2.24) is 10.4 Å². The minimum atomic E-state index is -0.797. The number of hydrogen-bond donors (Lipinski definition) is 1. The number of aryl methyl sites for hydroxylation is 2. The fourth-order valence-corrected chi connectivity index (χ4v) is 2.74. The molecule has 1 heterocycles. The zero-order valence-corrected chi connectivity index (χ0v) is 15.4. The Bertz CT molecular complexity index is 831. The highest BCUT2D eigenvalue weighted by molar-refractivity contribution is 6.01. The normalized spacial score (nSPS) is 15.2. The van der Waals surface area contributed by atoms with Crippen molar-refractivity contribution in [2.75, 3.05) is 6.61 Å². The van der Waals surface area contributed by atoms with Crippen molar-refractivity contribution in [2.24, 2.45) is 5.16 Å². The van der Waals surface area contributed by atoms with Gasteiger partial charge in [-0.1, -0.05) is 47.1 Å². The third-order valence-corrected chi connectivity index (χ3v) is 4.08. The number of ether oxygens (including phenoxy) is 1. The van der Waals surface area contributed by atoms with Gasteiger partial charge in [0.15, 0.2) is 12.4 Å². The minimum absolute atomic E-state index is 0.100. The number of hydrogen-bond acceptors (Lipinski definition) is 5. The lowest BCUT2D eigenvalue weighted by molar-refractivity contribution is -0.137. The first-order valence-corrected chi connectivity index (χ1v) is 8.48. The van der Waals surface area contributed by atoms with Gasteiger partial charge in [0.2, 0.25) is 5.72 Å². The van der Waals surface area contributed by atoms with Gasteiger partial charge in [-0.15, -0.1) is 0 Å². The smallest absolute Gasteiger partial charge is 0.276 e. The second-order valence-corrected chi connectivity index (χ2v) is 6.74. The number of carbonyl (C=O) groups excluding carboxylic acids is 1. The number of para-hydroxylation sites is 1. The Morgan fingerprint density at radius 3 is 2.62 bits per heavy atom. The van der Waals surface area contributed by atoms with E-state index in [0.717, 1.165) is 16.7 Å². The molecule has 1 amide bonds. The summed E-state index contributed by atoms with van der Waals surface area (Å²) in [6, 6.07) is 15.3. The molecule has 1 aliphatic rings. The minimum Gasteiger partial charge on any atom is -0.484 e. The fraction of sp³-hybridized carbons (Fsp3) is 0.300. The van der Waals surface area contributed by atoms with E-state index in [1.807, 2.05) is 58.0 Å². The van der Waals surface area contributed by atoms with E-state index in [1.54, 1.807) is 17.1 Å². The van der Waals surface area contributed by atoms with Crippen LogP contribution in [0.2, 0.25) is 0 Å². The van der Waals surface area contributed by atoms with Gasteiger partial charge in [-0.05, 0) is 45.4 Å². The van der Waals surface area contributed by atoms with Crippen molar-refractivity contribution >= 4 is 11.7 Å². The number of nitrogens with zero attached hydrogens (tertiary/aromatic N) is 2. The highest BCUT2D eigenvalue weighted by Gasteiger charge is 2.40. The fourth-order valence-electron chi connectivity index (χ4n) is 2.74. The van der Waals surface area contributed by atoms with Gasteiger partial charge in [-0.2, -0.15) is 0 Å².